The van der Waals surface area contributed by atoms with Crippen LogP contribution in [0.15, 0.2) is 24.3 Å². The van der Waals surface area contributed by atoms with E-state index in [0.29, 0.717) is 17.7 Å². The van der Waals surface area contributed by atoms with Crippen LogP contribution >= 0.6 is 0 Å². The Balaban J connectivity index is 2.55. The Bertz CT molecular complexity index is 800. The van der Waals surface area contributed by atoms with Crippen molar-refractivity contribution in [3.63, 3.8) is 0 Å². The first-order valence-electron chi connectivity index (χ1n) is 9.01. The molecule has 0 fully saturated rings. The fraction of sp³-hybridized carbons (Fsp3) is 0.450. The number of nitrogens with zero attached hydrogens (tertiary/aromatic N) is 3. The molecule has 6 nitrogen and oxygen atoms in total. The number of hydrogen-bond donors (Lipinski definition) is 2. The highest BCUT2D eigenvalue weighted by atomic mass is 16.3. The van der Waals surface area contributed by atoms with Gasteiger partial charge < -0.3 is 10.4 Å². The average Bonchev–Trinajstić information content (AvgIpc) is 3.05. The van der Waals surface area contributed by atoms with Crippen molar-refractivity contribution in [3.05, 3.63) is 41.1 Å². The smallest absolute Gasteiger partial charge is 0.269 e. The van der Waals surface area contributed by atoms with Crippen LogP contribution < -0.4 is 5.32 Å². The summed E-state index contributed by atoms with van der Waals surface area (Å²) < 4.78 is 1.78. The Labute approximate surface area is 154 Å². The molecule has 2 rings (SSSR count). The molecule has 138 valence electrons. The molecule has 0 spiro atoms. The van der Waals surface area contributed by atoms with Crippen LogP contribution in [0.5, 0.6) is 0 Å². The number of nitriles is 1. The quantitative estimate of drug-likeness (QED) is 0.799. The van der Waals surface area contributed by atoms with Crippen molar-refractivity contribution >= 4 is 5.91 Å². The first-order valence-corrected chi connectivity index (χ1v) is 9.01. The minimum atomic E-state index is -0.609. The zero-order valence-corrected chi connectivity index (χ0v) is 15.8. The van der Waals surface area contributed by atoms with E-state index in [1.807, 2.05) is 26.0 Å². The lowest BCUT2D eigenvalue weighted by Crippen LogP contribution is -2.33. The Morgan fingerprint density at radius 1 is 1.31 bits per heavy atom. The zero-order chi connectivity index (χ0) is 19.3. The predicted molar refractivity (Wildman–Crippen MR) is 101 cm³/mol. The highest BCUT2D eigenvalue weighted by molar-refractivity contribution is 5.96. The number of hydrogen-bond acceptors (Lipinski definition) is 4. The minimum Gasteiger partial charge on any atom is -0.392 e. The molecule has 2 N–H and O–H groups in total. The van der Waals surface area contributed by atoms with Crippen molar-refractivity contribution in [1.82, 2.24) is 15.1 Å². The van der Waals surface area contributed by atoms with Crippen LogP contribution in [0.2, 0.25) is 0 Å². The molecule has 0 saturated heterocycles. The highest BCUT2D eigenvalue weighted by Gasteiger charge is 2.25. The summed E-state index contributed by atoms with van der Waals surface area (Å²) in [5, 5.41) is 26.0. The zero-order valence-electron chi connectivity index (χ0n) is 15.8. The van der Waals surface area contributed by atoms with Gasteiger partial charge in [-0.25, -0.2) is 0 Å². The van der Waals surface area contributed by atoms with E-state index in [2.05, 4.69) is 18.3 Å². The number of rotatable bonds is 7. The third-order valence-corrected chi connectivity index (χ3v) is 4.43. The summed E-state index contributed by atoms with van der Waals surface area (Å²) in [7, 11) is 0. The Hall–Kier alpha value is -2.65. The lowest BCUT2D eigenvalue weighted by molar-refractivity contribution is 0.0910. The monoisotopic (exact) mass is 354 g/mol. The summed E-state index contributed by atoms with van der Waals surface area (Å²) in [6, 6.07) is 9.41. The standard InChI is InChI=1S/C20H26N4O2/c1-5-13(3)24-19(20(26)22-12-14(4)25)17(6-2)18(23-24)16-9-7-15(11-21)8-10-16/h7-10,13-14,25H,5-6,12H2,1-4H3,(H,22,26). The van der Waals surface area contributed by atoms with E-state index in [-0.39, 0.29) is 18.5 Å². The maximum absolute atomic E-state index is 12.8. The van der Waals surface area contributed by atoms with Crippen molar-refractivity contribution in [2.45, 2.75) is 52.7 Å². The fourth-order valence-corrected chi connectivity index (χ4v) is 2.80. The normalized spacial score (nSPS) is 13.1. The van der Waals surface area contributed by atoms with Crippen LogP contribution in [0, 0.1) is 11.3 Å². The van der Waals surface area contributed by atoms with E-state index in [1.165, 1.54) is 0 Å². The van der Waals surface area contributed by atoms with Crippen LogP contribution in [-0.4, -0.2) is 33.4 Å². The van der Waals surface area contributed by atoms with Gasteiger partial charge in [0.2, 0.25) is 0 Å². The van der Waals surface area contributed by atoms with Crippen LogP contribution in [0.4, 0.5) is 0 Å². The molecule has 0 bridgehead atoms. The fourth-order valence-electron chi connectivity index (χ4n) is 2.80. The topological polar surface area (TPSA) is 90.9 Å². The van der Waals surface area contributed by atoms with Gasteiger partial charge in [-0.2, -0.15) is 10.4 Å². The number of nitrogens with one attached hydrogen (secondary N) is 1. The maximum atomic E-state index is 12.8. The molecule has 0 radical (unpaired) electrons. The van der Waals surface area contributed by atoms with Gasteiger partial charge in [-0.3, -0.25) is 9.48 Å². The van der Waals surface area contributed by atoms with E-state index < -0.39 is 6.10 Å². The molecule has 26 heavy (non-hydrogen) atoms. The second kappa shape index (κ2) is 8.63. The van der Waals surface area contributed by atoms with Gasteiger partial charge >= 0.3 is 0 Å². The number of amides is 1. The van der Waals surface area contributed by atoms with Crippen molar-refractivity contribution in [2.75, 3.05) is 6.54 Å². The summed E-state index contributed by atoms with van der Waals surface area (Å²) in [4.78, 5) is 12.8. The summed E-state index contributed by atoms with van der Waals surface area (Å²) in [6.07, 6.45) is 0.888. The molecular weight excluding hydrogens is 328 g/mol. The molecule has 0 aliphatic heterocycles. The largest absolute Gasteiger partial charge is 0.392 e. The summed E-state index contributed by atoms with van der Waals surface area (Å²) in [6.45, 7) is 7.91. The van der Waals surface area contributed by atoms with E-state index >= 15 is 0 Å². The lowest BCUT2D eigenvalue weighted by atomic mass is 10.0. The van der Waals surface area contributed by atoms with E-state index in [9.17, 15) is 9.90 Å². The molecule has 6 heteroatoms. The van der Waals surface area contributed by atoms with Crippen molar-refractivity contribution in [3.8, 4) is 17.3 Å². The molecule has 0 aliphatic carbocycles. The second-order valence-corrected chi connectivity index (χ2v) is 6.48. The van der Waals surface area contributed by atoms with Gasteiger partial charge in [0.05, 0.1) is 23.4 Å². The minimum absolute atomic E-state index is 0.0692. The Morgan fingerprint density at radius 2 is 1.96 bits per heavy atom. The molecule has 1 heterocycles. The summed E-state index contributed by atoms with van der Waals surface area (Å²) in [5.74, 6) is -0.226. The first kappa shape index (κ1) is 19.7. The van der Waals surface area contributed by atoms with Gasteiger partial charge in [-0.15, -0.1) is 0 Å². The van der Waals surface area contributed by atoms with Crippen molar-refractivity contribution in [2.24, 2.45) is 0 Å². The van der Waals surface area contributed by atoms with Crippen LogP contribution in [0.25, 0.3) is 11.3 Å². The average molecular weight is 354 g/mol. The SMILES string of the molecule is CCc1c(-c2ccc(C#N)cc2)nn(C(C)CC)c1C(=O)NCC(C)O. The van der Waals surface area contributed by atoms with Gasteiger partial charge in [0.25, 0.3) is 5.91 Å². The number of carbonyl (C=O) groups excluding carboxylic acids is 1. The molecule has 2 unspecified atom stereocenters. The Kier molecular flexibility index (Phi) is 6.53. The molecular formula is C20H26N4O2. The van der Waals surface area contributed by atoms with Gasteiger partial charge in [-0.1, -0.05) is 26.0 Å². The van der Waals surface area contributed by atoms with Gasteiger partial charge in [0.1, 0.15) is 5.69 Å². The van der Waals surface area contributed by atoms with Crippen LogP contribution in [-0.2, 0) is 6.42 Å². The molecule has 0 aliphatic rings. The number of aliphatic hydroxyl groups excluding tert-OH is 1. The van der Waals surface area contributed by atoms with Crippen LogP contribution in [0.3, 0.4) is 0 Å². The highest BCUT2D eigenvalue weighted by Crippen LogP contribution is 2.29. The van der Waals surface area contributed by atoms with Gasteiger partial charge in [0.15, 0.2) is 0 Å². The van der Waals surface area contributed by atoms with Crippen molar-refractivity contribution < 1.29 is 9.90 Å². The maximum Gasteiger partial charge on any atom is 0.269 e. The van der Waals surface area contributed by atoms with Gasteiger partial charge in [-0.05, 0) is 38.8 Å². The number of aliphatic hydroxyl groups is 1. The lowest BCUT2D eigenvalue weighted by Gasteiger charge is -2.15. The predicted octanol–water partition coefficient (Wildman–Crippen LogP) is 3.07. The van der Waals surface area contributed by atoms with Crippen LogP contribution in [0.1, 0.15) is 61.8 Å². The van der Waals surface area contributed by atoms with E-state index in [4.69, 9.17) is 10.4 Å². The number of aromatic nitrogens is 2. The molecule has 1 aromatic heterocycles. The number of carbonyl (C=O) groups is 1. The second-order valence-electron chi connectivity index (χ2n) is 6.48. The van der Waals surface area contributed by atoms with Crippen molar-refractivity contribution in [1.29, 1.82) is 5.26 Å². The first-order chi connectivity index (χ1) is 12.4. The molecule has 0 saturated carbocycles. The molecule has 1 amide bonds. The summed E-state index contributed by atoms with van der Waals surface area (Å²) >= 11 is 0. The van der Waals surface area contributed by atoms with Gasteiger partial charge in [0, 0.05) is 23.7 Å². The summed E-state index contributed by atoms with van der Waals surface area (Å²) in [5.41, 5.74) is 3.65. The molecule has 2 aromatic rings. The third-order valence-electron chi connectivity index (χ3n) is 4.43. The van der Waals surface area contributed by atoms with E-state index in [0.717, 1.165) is 23.2 Å². The number of benzene rings is 1. The third kappa shape index (κ3) is 4.12. The molecule has 2 atom stereocenters. The Morgan fingerprint density at radius 3 is 2.46 bits per heavy atom. The molecule has 1 aromatic carbocycles. The van der Waals surface area contributed by atoms with E-state index in [1.54, 1.807) is 23.7 Å².